The molecule has 0 saturated heterocycles. The quantitative estimate of drug-likeness (QED) is 0.863. The molecule has 0 amide bonds. The Balaban J connectivity index is 1.68. The maximum atomic E-state index is 11.3. The van der Waals surface area contributed by atoms with E-state index in [1.807, 2.05) is 16.9 Å². The lowest BCUT2D eigenvalue weighted by Crippen LogP contribution is -2.38. The van der Waals surface area contributed by atoms with Gasteiger partial charge < -0.3 is 0 Å². The highest BCUT2D eigenvalue weighted by Gasteiger charge is 2.25. The lowest BCUT2D eigenvalue weighted by molar-refractivity contribution is 0.162. The van der Waals surface area contributed by atoms with Crippen LogP contribution in [0.2, 0.25) is 0 Å². The van der Waals surface area contributed by atoms with Crippen molar-refractivity contribution in [3.8, 4) is 0 Å². The minimum atomic E-state index is -3.15. The highest BCUT2D eigenvalue weighted by atomic mass is 32.2. The van der Waals surface area contributed by atoms with E-state index in [4.69, 9.17) is 0 Å². The first kappa shape index (κ1) is 17.1. The van der Waals surface area contributed by atoms with E-state index in [1.165, 1.54) is 23.1 Å². The smallest absolute Gasteiger partial charge is 0.208 e. The first-order chi connectivity index (χ1) is 11.4. The fourth-order valence-electron chi connectivity index (χ4n) is 3.28. The van der Waals surface area contributed by atoms with Gasteiger partial charge in [-0.2, -0.15) is 5.10 Å². The normalized spacial score (nSPS) is 18.5. The SMILES string of the molecule is Cc1cccc(CN2Cc3ccnn3[C@@H](CCNS(C)(=O)=O)C2)c1. The van der Waals surface area contributed by atoms with Crippen LogP contribution in [0, 0.1) is 6.92 Å². The Hall–Kier alpha value is -1.70. The number of nitrogens with one attached hydrogen (secondary N) is 1. The molecule has 0 bridgehead atoms. The van der Waals surface area contributed by atoms with E-state index in [0.717, 1.165) is 26.1 Å². The number of hydrogen-bond donors (Lipinski definition) is 1. The fraction of sp³-hybridized carbons (Fsp3) is 0.471. The summed E-state index contributed by atoms with van der Waals surface area (Å²) in [6.07, 6.45) is 3.74. The number of fused-ring (bicyclic) bond motifs is 1. The van der Waals surface area contributed by atoms with Gasteiger partial charge in [0.1, 0.15) is 0 Å². The third-order valence-electron chi connectivity index (χ3n) is 4.28. The highest BCUT2D eigenvalue weighted by molar-refractivity contribution is 7.88. The van der Waals surface area contributed by atoms with Crippen molar-refractivity contribution in [3.63, 3.8) is 0 Å². The zero-order valence-electron chi connectivity index (χ0n) is 14.1. The first-order valence-corrected chi connectivity index (χ1v) is 10.0. The molecule has 0 saturated carbocycles. The molecule has 0 spiro atoms. The van der Waals surface area contributed by atoms with E-state index < -0.39 is 10.0 Å². The van der Waals surface area contributed by atoms with Gasteiger partial charge in [0, 0.05) is 32.4 Å². The molecule has 2 heterocycles. The molecule has 6 nitrogen and oxygen atoms in total. The molecular formula is C17H24N4O2S. The van der Waals surface area contributed by atoms with Crippen LogP contribution in [0.5, 0.6) is 0 Å². The predicted octanol–water partition coefficient (Wildman–Crippen LogP) is 1.69. The van der Waals surface area contributed by atoms with Crippen LogP contribution in [-0.2, 0) is 23.1 Å². The van der Waals surface area contributed by atoms with Gasteiger partial charge in [-0.15, -0.1) is 0 Å². The Bertz CT molecular complexity index is 800. The Kier molecular flexibility index (Phi) is 5.03. The van der Waals surface area contributed by atoms with Crippen LogP contribution in [0.15, 0.2) is 36.5 Å². The molecule has 1 aromatic heterocycles. The molecule has 7 heteroatoms. The summed E-state index contributed by atoms with van der Waals surface area (Å²) in [5.41, 5.74) is 3.75. The first-order valence-electron chi connectivity index (χ1n) is 8.15. The number of aromatic nitrogens is 2. The van der Waals surface area contributed by atoms with E-state index in [0.29, 0.717) is 6.54 Å². The van der Waals surface area contributed by atoms with E-state index in [2.05, 4.69) is 45.9 Å². The molecular weight excluding hydrogens is 324 g/mol. The lowest BCUT2D eigenvalue weighted by Gasteiger charge is -2.34. The Morgan fingerprint density at radius 1 is 1.33 bits per heavy atom. The summed E-state index contributed by atoms with van der Waals surface area (Å²) >= 11 is 0. The average molecular weight is 348 g/mol. The molecule has 2 aromatic rings. The number of sulfonamides is 1. The minimum Gasteiger partial charge on any atom is -0.291 e. The maximum absolute atomic E-state index is 11.3. The van der Waals surface area contributed by atoms with Crippen molar-refractivity contribution in [1.29, 1.82) is 0 Å². The van der Waals surface area contributed by atoms with Crippen molar-refractivity contribution in [3.05, 3.63) is 53.3 Å². The molecule has 0 aliphatic carbocycles. The van der Waals surface area contributed by atoms with Gasteiger partial charge in [-0.1, -0.05) is 29.8 Å². The van der Waals surface area contributed by atoms with E-state index >= 15 is 0 Å². The zero-order valence-corrected chi connectivity index (χ0v) is 15.0. The predicted molar refractivity (Wildman–Crippen MR) is 94.0 cm³/mol. The largest absolute Gasteiger partial charge is 0.291 e. The number of hydrogen-bond acceptors (Lipinski definition) is 4. The van der Waals surface area contributed by atoms with Crippen molar-refractivity contribution in [2.24, 2.45) is 0 Å². The number of benzene rings is 1. The van der Waals surface area contributed by atoms with Crippen LogP contribution >= 0.6 is 0 Å². The zero-order chi connectivity index (χ0) is 17.2. The fourth-order valence-corrected chi connectivity index (χ4v) is 3.77. The second-order valence-corrected chi connectivity index (χ2v) is 8.37. The Labute approximate surface area is 143 Å². The second kappa shape index (κ2) is 7.04. The van der Waals surface area contributed by atoms with Crippen molar-refractivity contribution >= 4 is 10.0 Å². The van der Waals surface area contributed by atoms with Crippen LogP contribution in [-0.4, -0.2) is 42.4 Å². The second-order valence-electron chi connectivity index (χ2n) is 6.53. The molecule has 0 unspecified atom stereocenters. The Morgan fingerprint density at radius 3 is 2.92 bits per heavy atom. The molecule has 1 aliphatic heterocycles. The highest BCUT2D eigenvalue weighted by Crippen LogP contribution is 2.24. The van der Waals surface area contributed by atoms with Gasteiger partial charge in [-0.3, -0.25) is 9.58 Å². The summed E-state index contributed by atoms with van der Waals surface area (Å²) in [7, 11) is -3.15. The molecule has 0 radical (unpaired) electrons. The van der Waals surface area contributed by atoms with Gasteiger partial charge in [-0.05, 0) is 25.0 Å². The molecule has 1 aromatic carbocycles. The molecule has 1 aliphatic rings. The average Bonchev–Trinajstić information content (AvgIpc) is 2.94. The van der Waals surface area contributed by atoms with Gasteiger partial charge >= 0.3 is 0 Å². The van der Waals surface area contributed by atoms with E-state index in [-0.39, 0.29) is 6.04 Å². The number of aryl methyl sites for hydroxylation is 1. The Morgan fingerprint density at radius 2 is 2.17 bits per heavy atom. The topological polar surface area (TPSA) is 67.2 Å². The van der Waals surface area contributed by atoms with Crippen molar-refractivity contribution in [2.45, 2.75) is 32.5 Å². The van der Waals surface area contributed by atoms with Crippen LogP contribution < -0.4 is 4.72 Å². The van der Waals surface area contributed by atoms with Crippen molar-refractivity contribution < 1.29 is 8.42 Å². The molecule has 3 rings (SSSR count). The molecule has 1 atom stereocenters. The number of rotatable bonds is 6. The van der Waals surface area contributed by atoms with Crippen molar-refractivity contribution in [1.82, 2.24) is 19.4 Å². The summed E-state index contributed by atoms with van der Waals surface area (Å²) in [6, 6.07) is 10.8. The molecule has 24 heavy (non-hydrogen) atoms. The van der Waals surface area contributed by atoms with E-state index in [9.17, 15) is 8.42 Å². The van der Waals surface area contributed by atoms with Crippen LogP contribution in [0.1, 0.15) is 29.3 Å². The van der Waals surface area contributed by atoms with Gasteiger partial charge in [-0.25, -0.2) is 13.1 Å². The summed E-state index contributed by atoms with van der Waals surface area (Å²) < 4.78 is 27.1. The summed E-state index contributed by atoms with van der Waals surface area (Å²) in [5.74, 6) is 0. The third-order valence-corrected chi connectivity index (χ3v) is 5.01. The van der Waals surface area contributed by atoms with Crippen LogP contribution in [0.4, 0.5) is 0 Å². The standard InChI is InChI=1S/C17H24N4O2S/c1-14-4-3-5-15(10-14)11-20-12-16-6-8-18-21(16)17(13-20)7-9-19-24(2,22)23/h3-6,8,10,17,19H,7,9,11-13H2,1-2H3/t17-/m0/s1. The maximum Gasteiger partial charge on any atom is 0.208 e. The van der Waals surface area contributed by atoms with Crippen LogP contribution in [0.3, 0.4) is 0 Å². The number of nitrogens with zero attached hydrogens (tertiary/aromatic N) is 3. The minimum absolute atomic E-state index is 0.183. The van der Waals surface area contributed by atoms with Crippen LogP contribution in [0.25, 0.3) is 0 Å². The molecule has 1 N–H and O–H groups in total. The summed E-state index contributed by atoms with van der Waals surface area (Å²) in [5, 5.41) is 4.42. The lowest BCUT2D eigenvalue weighted by atomic mass is 10.1. The third kappa shape index (κ3) is 4.43. The summed E-state index contributed by atoms with van der Waals surface area (Å²) in [4.78, 5) is 2.40. The van der Waals surface area contributed by atoms with E-state index in [1.54, 1.807) is 0 Å². The van der Waals surface area contributed by atoms with Gasteiger partial charge in [0.15, 0.2) is 0 Å². The van der Waals surface area contributed by atoms with Gasteiger partial charge in [0.25, 0.3) is 0 Å². The monoisotopic (exact) mass is 348 g/mol. The summed E-state index contributed by atoms with van der Waals surface area (Å²) in [6.45, 7) is 5.16. The van der Waals surface area contributed by atoms with Crippen molar-refractivity contribution in [2.75, 3.05) is 19.3 Å². The van der Waals surface area contributed by atoms with Gasteiger partial charge in [0.2, 0.25) is 10.0 Å². The molecule has 130 valence electrons. The van der Waals surface area contributed by atoms with Gasteiger partial charge in [0.05, 0.1) is 18.0 Å². The molecule has 0 fully saturated rings.